The lowest BCUT2D eigenvalue weighted by molar-refractivity contribution is -0.170. The first-order valence-corrected chi connectivity index (χ1v) is 8.44. The molecule has 0 atom stereocenters. The zero-order valence-corrected chi connectivity index (χ0v) is 15.4. The van der Waals surface area contributed by atoms with Gasteiger partial charge in [-0.1, -0.05) is 26.0 Å². The number of rotatable bonds is 3. The number of carbonyl (C=O) groups excluding carboxylic acids is 1. The van der Waals surface area contributed by atoms with E-state index in [0.29, 0.717) is 33.4 Å². The van der Waals surface area contributed by atoms with Gasteiger partial charge in [0, 0.05) is 18.3 Å². The van der Waals surface area contributed by atoms with Gasteiger partial charge in [0.2, 0.25) is 5.89 Å². The van der Waals surface area contributed by atoms with Crippen LogP contribution in [0.2, 0.25) is 0 Å². The van der Waals surface area contributed by atoms with E-state index < -0.39 is 12.1 Å². The molecule has 0 unspecified atom stereocenters. The molecule has 0 radical (unpaired) electrons. The SMILES string of the molecule is Cc1cc(N(C)C(=O)C(F)(F)F)cc2nc(-c3ccc(C(C)C)cc3)oc12. The Balaban J connectivity index is 2.00. The lowest BCUT2D eigenvalue weighted by Gasteiger charge is -2.19. The van der Waals surface area contributed by atoms with Crippen LogP contribution < -0.4 is 4.90 Å². The summed E-state index contributed by atoms with van der Waals surface area (Å²) in [7, 11) is 1.09. The number of alkyl halides is 3. The summed E-state index contributed by atoms with van der Waals surface area (Å²) in [6, 6.07) is 10.7. The predicted molar refractivity (Wildman–Crippen MR) is 97.7 cm³/mol. The first-order chi connectivity index (χ1) is 12.6. The number of carbonyl (C=O) groups is 1. The van der Waals surface area contributed by atoms with Crippen LogP contribution in [0.4, 0.5) is 18.9 Å². The summed E-state index contributed by atoms with van der Waals surface area (Å²) in [5.41, 5.74) is 3.54. The summed E-state index contributed by atoms with van der Waals surface area (Å²) >= 11 is 0. The maximum absolute atomic E-state index is 12.7. The van der Waals surface area contributed by atoms with Crippen molar-refractivity contribution in [2.24, 2.45) is 0 Å². The van der Waals surface area contributed by atoms with Crippen molar-refractivity contribution in [2.75, 3.05) is 11.9 Å². The molecule has 0 saturated heterocycles. The zero-order chi connectivity index (χ0) is 19.9. The lowest BCUT2D eigenvalue weighted by Crippen LogP contribution is -2.38. The van der Waals surface area contributed by atoms with Gasteiger partial charge in [0.15, 0.2) is 5.58 Å². The van der Waals surface area contributed by atoms with Crippen LogP contribution >= 0.6 is 0 Å². The third kappa shape index (κ3) is 3.67. The Morgan fingerprint density at radius 2 is 1.78 bits per heavy atom. The summed E-state index contributed by atoms with van der Waals surface area (Å²) in [4.78, 5) is 16.4. The van der Waals surface area contributed by atoms with Gasteiger partial charge < -0.3 is 9.32 Å². The van der Waals surface area contributed by atoms with Crippen molar-refractivity contribution >= 4 is 22.7 Å². The zero-order valence-electron chi connectivity index (χ0n) is 15.4. The first kappa shape index (κ1) is 18.9. The van der Waals surface area contributed by atoms with Gasteiger partial charge >= 0.3 is 12.1 Å². The second-order valence-corrected chi connectivity index (χ2v) is 6.77. The van der Waals surface area contributed by atoms with Gasteiger partial charge in [0.25, 0.3) is 0 Å². The molecule has 1 amide bonds. The van der Waals surface area contributed by atoms with E-state index in [1.54, 1.807) is 6.92 Å². The number of benzene rings is 2. The van der Waals surface area contributed by atoms with Gasteiger partial charge in [0.05, 0.1) is 0 Å². The highest BCUT2D eigenvalue weighted by atomic mass is 19.4. The Bertz CT molecular complexity index is 989. The van der Waals surface area contributed by atoms with Crippen LogP contribution in [0.3, 0.4) is 0 Å². The average molecular weight is 376 g/mol. The van der Waals surface area contributed by atoms with Crippen molar-refractivity contribution in [2.45, 2.75) is 32.9 Å². The van der Waals surface area contributed by atoms with E-state index in [2.05, 4.69) is 18.8 Å². The molecule has 4 nitrogen and oxygen atoms in total. The third-order valence-corrected chi connectivity index (χ3v) is 4.42. The van der Waals surface area contributed by atoms with Crippen molar-refractivity contribution in [1.29, 1.82) is 0 Å². The number of hydrogen-bond acceptors (Lipinski definition) is 3. The lowest BCUT2D eigenvalue weighted by atomic mass is 10.0. The Kier molecular flexibility index (Phi) is 4.71. The minimum Gasteiger partial charge on any atom is -0.436 e. The van der Waals surface area contributed by atoms with Crippen molar-refractivity contribution in [3.63, 3.8) is 0 Å². The second kappa shape index (κ2) is 6.72. The number of aryl methyl sites for hydroxylation is 1. The van der Waals surface area contributed by atoms with Crippen molar-refractivity contribution in [1.82, 2.24) is 4.98 Å². The van der Waals surface area contributed by atoms with Gasteiger partial charge in [-0.05, 0) is 48.2 Å². The van der Waals surface area contributed by atoms with Crippen LogP contribution in [0.1, 0.15) is 30.9 Å². The van der Waals surface area contributed by atoms with Gasteiger partial charge in [0.1, 0.15) is 5.52 Å². The summed E-state index contributed by atoms with van der Waals surface area (Å²) in [5.74, 6) is -1.16. The Hall–Kier alpha value is -2.83. The number of anilines is 1. The summed E-state index contributed by atoms with van der Waals surface area (Å²) in [6.45, 7) is 5.89. The molecule has 1 aromatic heterocycles. The normalized spacial score (nSPS) is 12.0. The van der Waals surface area contributed by atoms with Crippen molar-refractivity contribution in [3.05, 3.63) is 47.5 Å². The number of halogens is 3. The summed E-state index contributed by atoms with van der Waals surface area (Å²) in [5, 5.41) is 0. The van der Waals surface area contributed by atoms with Crippen LogP contribution in [0.5, 0.6) is 0 Å². The quantitative estimate of drug-likeness (QED) is 0.610. The molecule has 0 N–H and O–H groups in total. The molecule has 0 aliphatic rings. The van der Waals surface area contributed by atoms with Gasteiger partial charge in [-0.25, -0.2) is 4.98 Å². The van der Waals surface area contributed by atoms with E-state index in [0.717, 1.165) is 12.6 Å². The van der Waals surface area contributed by atoms with E-state index in [1.807, 2.05) is 24.3 Å². The number of aromatic nitrogens is 1. The predicted octanol–water partition coefficient (Wildman–Crippen LogP) is 5.45. The van der Waals surface area contributed by atoms with Crippen LogP contribution in [-0.4, -0.2) is 24.1 Å². The second-order valence-electron chi connectivity index (χ2n) is 6.77. The molecule has 1 heterocycles. The molecule has 0 aliphatic heterocycles. The molecule has 2 aromatic carbocycles. The maximum atomic E-state index is 12.7. The Labute approximate surface area is 154 Å². The minimum absolute atomic E-state index is 0.109. The van der Waals surface area contributed by atoms with Crippen LogP contribution in [0.25, 0.3) is 22.6 Å². The highest BCUT2D eigenvalue weighted by molar-refractivity contribution is 5.98. The van der Waals surface area contributed by atoms with Crippen LogP contribution in [0.15, 0.2) is 40.8 Å². The molecule has 0 fully saturated rings. The maximum Gasteiger partial charge on any atom is 0.471 e. The molecule has 0 bridgehead atoms. The minimum atomic E-state index is -4.94. The van der Waals surface area contributed by atoms with E-state index >= 15 is 0 Å². The van der Waals surface area contributed by atoms with Crippen LogP contribution in [-0.2, 0) is 4.79 Å². The van der Waals surface area contributed by atoms with E-state index in [-0.39, 0.29) is 5.69 Å². The highest BCUT2D eigenvalue weighted by Crippen LogP contribution is 2.32. The van der Waals surface area contributed by atoms with Gasteiger partial charge in [-0.15, -0.1) is 0 Å². The summed E-state index contributed by atoms with van der Waals surface area (Å²) in [6.07, 6.45) is -4.94. The molecule has 27 heavy (non-hydrogen) atoms. The largest absolute Gasteiger partial charge is 0.471 e. The smallest absolute Gasteiger partial charge is 0.436 e. The standard InChI is InChI=1S/C20H19F3N2O2/c1-11(2)13-5-7-14(8-6-13)18-24-16-10-15(9-12(3)17(16)27-18)25(4)19(26)20(21,22)23/h5-11H,1-4H3. The molecule has 3 aromatic rings. The number of nitrogens with zero attached hydrogens (tertiary/aromatic N) is 2. The fourth-order valence-corrected chi connectivity index (χ4v) is 2.82. The Morgan fingerprint density at radius 1 is 1.15 bits per heavy atom. The van der Waals surface area contributed by atoms with Gasteiger partial charge in [-0.2, -0.15) is 13.2 Å². The molecule has 0 saturated carbocycles. The molecule has 142 valence electrons. The monoisotopic (exact) mass is 376 g/mol. The number of hydrogen-bond donors (Lipinski definition) is 0. The molecular formula is C20H19F3N2O2. The fourth-order valence-electron chi connectivity index (χ4n) is 2.82. The van der Waals surface area contributed by atoms with E-state index in [1.165, 1.54) is 17.7 Å². The van der Waals surface area contributed by atoms with Gasteiger partial charge in [-0.3, -0.25) is 4.79 Å². The first-order valence-electron chi connectivity index (χ1n) is 8.44. The number of oxazole rings is 1. The van der Waals surface area contributed by atoms with Crippen molar-refractivity contribution < 1.29 is 22.4 Å². The molecule has 7 heteroatoms. The molecular weight excluding hydrogens is 357 g/mol. The fraction of sp³-hybridized carbons (Fsp3) is 0.300. The number of fused-ring (bicyclic) bond motifs is 1. The summed E-state index contributed by atoms with van der Waals surface area (Å²) < 4.78 is 43.9. The molecule has 0 spiro atoms. The molecule has 0 aliphatic carbocycles. The van der Waals surface area contributed by atoms with Crippen molar-refractivity contribution in [3.8, 4) is 11.5 Å². The topological polar surface area (TPSA) is 46.3 Å². The number of amides is 1. The van der Waals surface area contributed by atoms with E-state index in [9.17, 15) is 18.0 Å². The Morgan fingerprint density at radius 3 is 2.33 bits per heavy atom. The van der Waals surface area contributed by atoms with Crippen LogP contribution in [0, 0.1) is 6.92 Å². The average Bonchev–Trinajstić information content (AvgIpc) is 3.04. The third-order valence-electron chi connectivity index (χ3n) is 4.42. The highest BCUT2D eigenvalue weighted by Gasteiger charge is 2.41. The molecule has 3 rings (SSSR count). The van der Waals surface area contributed by atoms with E-state index in [4.69, 9.17) is 4.42 Å².